The van der Waals surface area contributed by atoms with E-state index in [0.29, 0.717) is 0 Å². The van der Waals surface area contributed by atoms with E-state index in [4.69, 9.17) is 17.0 Å². The van der Waals surface area contributed by atoms with Crippen LogP contribution in [0.15, 0.2) is 36.7 Å². The molecule has 0 saturated heterocycles. The molecule has 6 nitrogen and oxygen atoms in total. The number of amides is 1. The van der Waals surface area contributed by atoms with E-state index in [2.05, 4.69) is 20.3 Å². The molecule has 1 amide bonds. The molecular weight excluding hydrogens is 252 g/mol. The summed E-state index contributed by atoms with van der Waals surface area (Å²) in [5.74, 6) is 0.202. The minimum absolute atomic E-state index is 0.193. The molecule has 0 saturated carbocycles. The second kappa shape index (κ2) is 5.87. The van der Waals surface area contributed by atoms with Gasteiger partial charge in [0.1, 0.15) is 12.9 Å². The minimum atomic E-state index is -0.608. The van der Waals surface area contributed by atoms with Crippen molar-refractivity contribution >= 4 is 24.3 Å². The fraction of sp³-hybridized carbons (Fsp3) is 0.0909. The number of hydrogen-bond donors (Lipinski definition) is 2. The second-order valence-electron chi connectivity index (χ2n) is 3.34. The molecule has 7 heteroatoms. The van der Waals surface area contributed by atoms with Crippen molar-refractivity contribution in [2.75, 3.05) is 5.32 Å². The molecule has 2 N–H and O–H groups in total. The molecular formula is C11H10N4O2S. The van der Waals surface area contributed by atoms with Gasteiger partial charge in [-0.25, -0.2) is 14.8 Å². The summed E-state index contributed by atoms with van der Waals surface area (Å²) >= 11 is 4.79. The number of ether oxygens (including phenoxy) is 1. The number of carbonyl (C=O) groups excluding carboxylic acids is 1. The summed E-state index contributed by atoms with van der Waals surface area (Å²) in [5.41, 5.74) is 0.906. The molecule has 2 aromatic rings. The van der Waals surface area contributed by atoms with Crippen LogP contribution >= 0.6 is 12.2 Å². The number of rotatable bonds is 3. The lowest BCUT2D eigenvalue weighted by Gasteiger charge is -2.05. The summed E-state index contributed by atoms with van der Waals surface area (Å²) < 4.78 is 5.25. The Labute approximate surface area is 108 Å². The van der Waals surface area contributed by atoms with Gasteiger partial charge in [0.05, 0.1) is 0 Å². The lowest BCUT2D eigenvalue weighted by Crippen LogP contribution is -2.15. The fourth-order valence-corrected chi connectivity index (χ4v) is 1.37. The van der Waals surface area contributed by atoms with Crippen molar-refractivity contribution in [3.8, 4) is 0 Å². The molecule has 1 heterocycles. The smallest absolute Gasteiger partial charge is 0.414 e. The zero-order valence-electron chi connectivity index (χ0n) is 9.29. The highest BCUT2D eigenvalue weighted by molar-refractivity contribution is 7.71. The zero-order valence-corrected chi connectivity index (χ0v) is 10.1. The van der Waals surface area contributed by atoms with Gasteiger partial charge in [-0.05, 0) is 17.8 Å². The lowest BCUT2D eigenvalue weighted by molar-refractivity contribution is 0.155. The maximum atomic E-state index is 11.4. The number of benzene rings is 1. The highest BCUT2D eigenvalue weighted by atomic mass is 32.1. The molecule has 0 aliphatic carbocycles. The van der Waals surface area contributed by atoms with Gasteiger partial charge in [0, 0.05) is 0 Å². The number of aromatic nitrogens is 3. The van der Waals surface area contributed by atoms with Crippen LogP contribution in [-0.4, -0.2) is 21.0 Å². The Morgan fingerprint density at radius 2 is 2.11 bits per heavy atom. The third-order valence-electron chi connectivity index (χ3n) is 2.02. The third kappa shape index (κ3) is 3.63. The lowest BCUT2D eigenvalue weighted by atomic mass is 10.2. The Morgan fingerprint density at radius 3 is 2.83 bits per heavy atom. The van der Waals surface area contributed by atoms with E-state index in [1.807, 2.05) is 30.3 Å². The van der Waals surface area contributed by atoms with Gasteiger partial charge in [0.2, 0.25) is 10.7 Å². The molecule has 0 fully saturated rings. The molecule has 0 unspecified atom stereocenters. The van der Waals surface area contributed by atoms with E-state index in [1.165, 1.54) is 6.33 Å². The second-order valence-corrected chi connectivity index (χ2v) is 3.73. The van der Waals surface area contributed by atoms with Gasteiger partial charge in [-0.3, -0.25) is 5.32 Å². The first-order valence-electron chi connectivity index (χ1n) is 5.13. The Morgan fingerprint density at radius 1 is 1.33 bits per heavy atom. The van der Waals surface area contributed by atoms with Crippen molar-refractivity contribution in [1.82, 2.24) is 15.0 Å². The molecule has 0 aliphatic heterocycles. The van der Waals surface area contributed by atoms with E-state index in [9.17, 15) is 4.79 Å². The summed E-state index contributed by atoms with van der Waals surface area (Å²) in [6.45, 7) is 0.193. The predicted octanol–water partition coefficient (Wildman–Crippen LogP) is 2.28. The predicted molar refractivity (Wildman–Crippen MR) is 67.5 cm³/mol. The van der Waals surface area contributed by atoms with Gasteiger partial charge in [0.25, 0.3) is 0 Å². The zero-order chi connectivity index (χ0) is 12.8. The van der Waals surface area contributed by atoms with Crippen LogP contribution in [0.3, 0.4) is 0 Å². The van der Waals surface area contributed by atoms with Crippen LogP contribution in [0.5, 0.6) is 0 Å². The average Bonchev–Trinajstić information content (AvgIpc) is 2.38. The molecule has 0 bridgehead atoms. The Balaban J connectivity index is 1.88. The third-order valence-corrected chi connectivity index (χ3v) is 2.23. The molecule has 1 aromatic heterocycles. The van der Waals surface area contributed by atoms with Crippen LogP contribution in [0.2, 0.25) is 0 Å². The Bertz CT molecular complexity index is 585. The van der Waals surface area contributed by atoms with E-state index >= 15 is 0 Å². The summed E-state index contributed by atoms with van der Waals surface area (Å²) in [6.07, 6.45) is 0.647. The Kier molecular flexibility index (Phi) is 3.98. The van der Waals surface area contributed by atoms with E-state index < -0.39 is 6.09 Å². The quantitative estimate of drug-likeness (QED) is 0.829. The highest BCUT2D eigenvalue weighted by Gasteiger charge is 2.04. The maximum absolute atomic E-state index is 11.4. The standard InChI is InChI=1S/C11H10N4O2S/c16-11(15-9-12-7-13-10(18)14-9)17-6-8-4-2-1-3-5-8/h1-5,7H,6H2,(H2,12,13,14,15,16,18). The van der Waals surface area contributed by atoms with Crippen LogP contribution in [0.4, 0.5) is 10.7 Å². The van der Waals surface area contributed by atoms with Crippen LogP contribution in [0.25, 0.3) is 0 Å². The normalized spacial score (nSPS) is 9.78. The highest BCUT2D eigenvalue weighted by Crippen LogP contribution is 2.02. The van der Waals surface area contributed by atoms with Gasteiger partial charge >= 0.3 is 6.09 Å². The number of hydrogen-bond acceptors (Lipinski definition) is 5. The average molecular weight is 262 g/mol. The summed E-state index contributed by atoms with van der Waals surface area (Å²) in [6, 6.07) is 9.37. The molecule has 0 aliphatic rings. The van der Waals surface area contributed by atoms with Crippen molar-refractivity contribution in [2.45, 2.75) is 6.61 Å². The van der Waals surface area contributed by atoms with Gasteiger partial charge in [-0.1, -0.05) is 30.3 Å². The number of anilines is 1. The van der Waals surface area contributed by atoms with Gasteiger partial charge in [-0.15, -0.1) is 0 Å². The summed E-state index contributed by atoms with van der Waals surface area (Å²) in [7, 11) is 0. The van der Waals surface area contributed by atoms with Crippen LogP contribution in [0, 0.1) is 4.77 Å². The first-order valence-corrected chi connectivity index (χ1v) is 5.54. The van der Waals surface area contributed by atoms with Crippen molar-refractivity contribution < 1.29 is 9.53 Å². The fourth-order valence-electron chi connectivity index (χ4n) is 1.22. The monoisotopic (exact) mass is 262 g/mol. The van der Waals surface area contributed by atoms with Crippen molar-refractivity contribution in [2.24, 2.45) is 0 Å². The number of nitrogens with zero attached hydrogens (tertiary/aromatic N) is 2. The van der Waals surface area contributed by atoms with Gasteiger partial charge < -0.3 is 9.72 Å². The van der Waals surface area contributed by atoms with Crippen molar-refractivity contribution in [3.63, 3.8) is 0 Å². The maximum Gasteiger partial charge on any atom is 0.414 e. The van der Waals surface area contributed by atoms with E-state index in [-0.39, 0.29) is 17.3 Å². The number of nitrogens with one attached hydrogen (secondary N) is 2. The Hall–Kier alpha value is -2.28. The van der Waals surface area contributed by atoms with Crippen LogP contribution in [-0.2, 0) is 11.3 Å². The molecule has 0 atom stereocenters. The first-order chi connectivity index (χ1) is 8.74. The minimum Gasteiger partial charge on any atom is -0.444 e. The number of aromatic amines is 1. The summed E-state index contributed by atoms with van der Waals surface area (Å²) in [4.78, 5) is 21.6. The molecule has 18 heavy (non-hydrogen) atoms. The van der Waals surface area contributed by atoms with Crippen LogP contribution in [0.1, 0.15) is 5.56 Å². The molecule has 92 valence electrons. The first kappa shape index (κ1) is 12.2. The molecule has 1 aromatic carbocycles. The van der Waals surface area contributed by atoms with Crippen molar-refractivity contribution in [3.05, 3.63) is 47.0 Å². The number of carbonyl (C=O) groups is 1. The topological polar surface area (TPSA) is 79.9 Å². The number of H-pyrrole nitrogens is 1. The van der Waals surface area contributed by atoms with Gasteiger partial charge in [0.15, 0.2) is 0 Å². The largest absolute Gasteiger partial charge is 0.444 e. The molecule has 0 spiro atoms. The SMILES string of the molecule is O=C(Nc1ncnc(=S)[nH]1)OCc1ccccc1. The van der Waals surface area contributed by atoms with E-state index in [0.717, 1.165) is 5.56 Å². The molecule has 2 rings (SSSR count). The van der Waals surface area contributed by atoms with Gasteiger partial charge in [-0.2, -0.15) is 0 Å². The van der Waals surface area contributed by atoms with Crippen LogP contribution < -0.4 is 5.32 Å². The van der Waals surface area contributed by atoms with E-state index in [1.54, 1.807) is 0 Å². The summed E-state index contributed by atoms with van der Waals surface area (Å²) in [5, 5.41) is 2.42. The molecule has 0 radical (unpaired) electrons. The van der Waals surface area contributed by atoms with Crippen molar-refractivity contribution in [1.29, 1.82) is 0 Å².